The summed E-state index contributed by atoms with van der Waals surface area (Å²) in [7, 11) is 0. The SMILES string of the molecule is CC1Cc2ccccc2N(CC2CCNC2)C1. The zero-order valence-electron chi connectivity index (χ0n) is 10.7. The summed E-state index contributed by atoms with van der Waals surface area (Å²) in [6.07, 6.45) is 2.59. The second kappa shape index (κ2) is 4.69. The maximum absolute atomic E-state index is 3.47. The predicted molar refractivity (Wildman–Crippen MR) is 72.5 cm³/mol. The Hall–Kier alpha value is -1.02. The van der Waals surface area contributed by atoms with Crippen LogP contribution in [0.15, 0.2) is 24.3 Å². The third-order valence-electron chi connectivity index (χ3n) is 4.07. The van der Waals surface area contributed by atoms with Crippen LogP contribution in [0, 0.1) is 11.8 Å². The summed E-state index contributed by atoms with van der Waals surface area (Å²) in [6.45, 7) is 7.24. The molecule has 0 saturated carbocycles. The first-order chi connectivity index (χ1) is 8.33. The van der Waals surface area contributed by atoms with Crippen molar-refractivity contribution in [3.05, 3.63) is 29.8 Å². The van der Waals surface area contributed by atoms with Crippen molar-refractivity contribution < 1.29 is 0 Å². The topological polar surface area (TPSA) is 15.3 Å². The van der Waals surface area contributed by atoms with Gasteiger partial charge in [0.2, 0.25) is 0 Å². The Morgan fingerprint density at radius 1 is 1.35 bits per heavy atom. The summed E-state index contributed by atoms with van der Waals surface area (Å²) in [5, 5.41) is 3.47. The van der Waals surface area contributed by atoms with Gasteiger partial charge in [0.25, 0.3) is 0 Å². The minimum absolute atomic E-state index is 0.791. The molecule has 2 aliphatic rings. The Labute approximate surface area is 104 Å². The number of nitrogens with one attached hydrogen (secondary N) is 1. The lowest BCUT2D eigenvalue weighted by molar-refractivity contribution is 0.485. The van der Waals surface area contributed by atoms with Gasteiger partial charge in [-0.25, -0.2) is 0 Å². The van der Waals surface area contributed by atoms with Gasteiger partial charge in [-0.05, 0) is 49.4 Å². The third kappa shape index (κ3) is 2.32. The first-order valence-corrected chi connectivity index (χ1v) is 6.86. The molecule has 2 heterocycles. The van der Waals surface area contributed by atoms with E-state index in [-0.39, 0.29) is 0 Å². The summed E-state index contributed by atoms with van der Waals surface area (Å²) >= 11 is 0. The summed E-state index contributed by atoms with van der Waals surface area (Å²) in [5.74, 6) is 1.63. The predicted octanol–water partition coefficient (Wildman–Crippen LogP) is 2.29. The molecule has 2 nitrogen and oxygen atoms in total. The average Bonchev–Trinajstić information content (AvgIpc) is 2.81. The first kappa shape index (κ1) is 11.1. The van der Waals surface area contributed by atoms with Crippen LogP contribution in [0.5, 0.6) is 0 Å². The van der Waals surface area contributed by atoms with E-state index in [0.717, 1.165) is 11.8 Å². The lowest BCUT2D eigenvalue weighted by Crippen LogP contribution is -2.38. The lowest BCUT2D eigenvalue weighted by Gasteiger charge is -2.36. The number of fused-ring (bicyclic) bond motifs is 1. The molecule has 2 heteroatoms. The van der Waals surface area contributed by atoms with E-state index in [0.29, 0.717) is 0 Å². The van der Waals surface area contributed by atoms with Crippen LogP contribution in [0.25, 0.3) is 0 Å². The summed E-state index contributed by atoms with van der Waals surface area (Å²) in [4.78, 5) is 2.61. The third-order valence-corrected chi connectivity index (χ3v) is 4.07. The normalized spacial score (nSPS) is 28.2. The van der Waals surface area contributed by atoms with Crippen molar-refractivity contribution in [2.45, 2.75) is 19.8 Å². The molecule has 1 aromatic rings. The Morgan fingerprint density at radius 2 is 2.24 bits per heavy atom. The Morgan fingerprint density at radius 3 is 3.06 bits per heavy atom. The number of anilines is 1. The summed E-state index contributed by atoms with van der Waals surface area (Å²) in [6, 6.07) is 8.94. The van der Waals surface area contributed by atoms with E-state index in [9.17, 15) is 0 Å². The monoisotopic (exact) mass is 230 g/mol. The summed E-state index contributed by atoms with van der Waals surface area (Å²) < 4.78 is 0. The van der Waals surface area contributed by atoms with Crippen molar-refractivity contribution in [1.29, 1.82) is 0 Å². The molecule has 2 aliphatic heterocycles. The zero-order valence-corrected chi connectivity index (χ0v) is 10.7. The number of rotatable bonds is 2. The Balaban J connectivity index is 1.79. The van der Waals surface area contributed by atoms with Crippen molar-refractivity contribution in [3.63, 3.8) is 0 Å². The molecule has 3 rings (SSSR count). The van der Waals surface area contributed by atoms with Crippen LogP contribution in [0.3, 0.4) is 0 Å². The van der Waals surface area contributed by atoms with E-state index in [2.05, 4.69) is 41.4 Å². The van der Waals surface area contributed by atoms with Gasteiger partial charge in [0.1, 0.15) is 0 Å². The molecule has 0 aliphatic carbocycles. The number of benzene rings is 1. The zero-order chi connectivity index (χ0) is 11.7. The van der Waals surface area contributed by atoms with Crippen LogP contribution in [0.4, 0.5) is 5.69 Å². The van der Waals surface area contributed by atoms with Gasteiger partial charge in [-0.15, -0.1) is 0 Å². The number of nitrogens with zero attached hydrogens (tertiary/aromatic N) is 1. The van der Waals surface area contributed by atoms with Crippen molar-refractivity contribution in [2.24, 2.45) is 11.8 Å². The Kier molecular flexibility index (Phi) is 3.06. The fraction of sp³-hybridized carbons (Fsp3) is 0.600. The van der Waals surface area contributed by atoms with Crippen molar-refractivity contribution in [3.8, 4) is 0 Å². The molecule has 0 aromatic heterocycles. The van der Waals surface area contributed by atoms with E-state index in [1.165, 1.54) is 50.3 Å². The molecular weight excluding hydrogens is 208 g/mol. The maximum atomic E-state index is 3.47. The highest BCUT2D eigenvalue weighted by Crippen LogP contribution is 2.30. The first-order valence-electron chi connectivity index (χ1n) is 6.86. The molecule has 1 fully saturated rings. The van der Waals surface area contributed by atoms with Gasteiger partial charge in [-0.2, -0.15) is 0 Å². The molecule has 0 bridgehead atoms. The highest BCUT2D eigenvalue weighted by atomic mass is 15.1. The lowest BCUT2D eigenvalue weighted by atomic mass is 9.93. The van der Waals surface area contributed by atoms with E-state index in [1.807, 2.05) is 0 Å². The van der Waals surface area contributed by atoms with Gasteiger partial charge in [-0.3, -0.25) is 0 Å². The van der Waals surface area contributed by atoms with E-state index in [4.69, 9.17) is 0 Å². The van der Waals surface area contributed by atoms with Gasteiger partial charge in [0, 0.05) is 18.8 Å². The molecule has 1 saturated heterocycles. The molecular formula is C15H22N2. The van der Waals surface area contributed by atoms with Crippen LogP contribution in [-0.4, -0.2) is 26.2 Å². The number of para-hydroxylation sites is 1. The van der Waals surface area contributed by atoms with Crippen molar-refractivity contribution in [2.75, 3.05) is 31.1 Å². The van der Waals surface area contributed by atoms with Gasteiger partial charge >= 0.3 is 0 Å². The number of hydrogen-bond acceptors (Lipinski definition) is 2. The number of hydrogen-bond donors (Lipinski definition) is 1. The van der Waals surface area contributed by atoms with E-state index < -0.39 is 0 Å². The van der Waals surface area contributed by atoms with Crippen molar-refractivity contribution in [1.82, 2.24) is 5.32 Å². The molecule has 0 amide bonds. The Bertz CT molecular complexity index is 382. The largest absolute Gasteiger partial charge is 0.371 e. The molecule has 2 unspecified atom stereocenters. The van der Waals surface area contributed by atoms with Crippen LogP contribution >= 0.6 is 0 Å². The van der Waals surface area contributed by atoms with Gasteiger partial charge in [-0.1, -0.05) is 25.1 Å². The second-order valence-corrected chi connectivity index (χ2v) is 5.70. The van der Waals surface area contributed by atoms with Crippen LogP contribution in [0.1, 0.15) is 18.9 Å². The molecule has 2 atom stereocenters. The second-order valence-electron chi connectivity index (χ2n) is 5.70. The van der Waals surface area contributed by atoms with Gasteiger partial charge in [0.15, 0.2) is 0 Å². The molecule has 0 radical (unpaired) electrons. The minimum Gasteiger partial charge on any atom is -0.371 e. The fourth-order valence-corrected chi connectivity index (χ4v) is 3.26. The smallest absolute Gasteiger partial charge is 0.0399 e. The quantitative estimate of drug-likeness (QED) is 0.838. The van der Waals surface area contributed by atoms with Gasteiger partial charge < -0.3 is 10.2 Å². The van der Waals surface area contributed by atoms with E-state index >= 15 is 0 Å². The van der Waals surface area contributed by atoms with Crippen LogP contribution in [-0.2, 0) is 6.42 Å². The standard InChI is InChI=1S/C15H22N2/c1-12-8-14-4-2-3-5-15(14)17(10-12)11-13-6-7-16-9-13/h2-5,12-13,16H,6-11H2,1H3. The highest BCUT2D eigenvalue weighted by molar-refractivity contribution is 5.55. The molecule has 1 N–H and O–H groups in total. The van der Waals surface area contributed by atoms with Crippen LogP contribution in [0.2, 0.25) is 0 Å². The van der Waals surface area contributed by atoms with Crippen LogP contribution < -0.4 is 10.2 Å². The fourth-order valence-electron chi connectivity index (χ4n) is 3.26. The molecule has 1 aromatic carbocycles. The maximum Gasteiger partial charge on any atom is 0.0399 e. The minimum atomic E-state index is 0.791. The molecule has 0 spiro atoms. The van der Waals surface area contributed by atoms with E-state index in [1.54, 1.807) is 0 Å². The van der Waals surface area contributed by atoms with Gasteiger partial charge in [0.05, 0.1) is 0 Å². The van der Waals surface area contributed by atoms with Crippen molar-refractivity contribution >= 4 is 5.69 Å². The highest BCUT2D eigenvalue weighted by Gasteiger charge is 2.24. The molecule has 92 valence electrons. The average molecular weight is 230 g/mol. The summed E-state index contributed by atoms with van der Waals surface area (Å²) in [5.41, 5.74) is 3.02. The molecule has 17 heavy (non-hydrogen) atoms.